The van der Waals surface area contributed by atoms with Gasteiger partial charge in [-0.1, -0.05) is 37.5 Å². The number of ether oxygens (including phenoxy) is 1. The molecule has 38 heavy (non-hydrogen) atoms. The van der Waals surface area contributed by atoms with Gasteiger partial charge in [0.25, 0.3) is 0 Å². The SMILES string of the molecule is C[C@@H](c1ccc(S(=O)(=O)c2cccc(OCCNC(=O)C=CN)c2)cc1)N1CCN(C2CCCCC2)CC1. The van der Waals surface area contributed by atoms with Crippen LogP contribution in [0.25, 0.3) is 0 Å². The third-order valence-corrected chi connectivity index (χ3v) is 9.46. The molecule has 1 amide bonds. The lowest BCUT2D eigenvalue weighted by molar-refractivity contribution is -0.116. The van der Waals surface area contributed by atoms with Crippen molar-refractivity contribution in [2.45, 2.75) is 60.9 Å². The third-order valence-electron chi connectivity index (χ3n) is 7.69. The predicted molar refractivity (Wildman–Crippen MR) is 149 cm³/mol. The predicted octanol–water partition coefficient (Wildman–Crippen LogP) is 3.50. The Morgan fingerprint density at radius 2 is 1.76 bits per heavy atom. The number of rotatable bonds is 10. The molecule has 1 heterocycles. The first-order chi connectivity index (χ1) is 18.4. The van der Waals surface area contributed by atoms with E-state index >= 15 is 0 Å². The highest BCUT2D eigenvalue weighted by atomic mass is 32.2. The van der Waals surface area contributed by atoms with Gasteiger partial charge < -0.3 is 15.8 Å². The highest BCUT2D eigenvalue weighted by Crippen LogP contribution is 2.29. The average molecular weight is 541 g/mol. The topological polar surface area (TPSA) is 105 Å². The van der Waals surface area contributed by atoms with Crippen molar-refractivity contribution in [1.82, 2.24) is 15.1 Å². The summed E-state index contributed by atoms with van der Waals surface area (Å²) in [4.78, 5) is 17.0. The van der Waals surface area contributed by atoms with Gasteiger partial charge in [-0.05, 0) is 61.9 Å². The van der Waals surface area contributed by atoms with Crippen molar-refractivity contribution in [3.63, 3.8) is 0 Å². The Hall–Kier alpha value is -2.88. The molecule has 2 fully saturated rings. The van der Waals surface area contributed by atoms with E-state index in [1.165, 1.54) is 44.2 Å². The molecule has 0 bridgehead atoms. The minimum atomic E-state index is -3.69. The van der Waals surface area contributed by atoms with E-state index in [4.69, 9.17) is 10.5 Å². The molecule has 2 aromatic rings. The molecule has 1 atom stereocenters. The van der Waals surface area contributed by atoms with Crippen LogP contribution in [0.4, 0.5) is 0 Å². The van der Waals surface area contributed by atoms with Crippen LogP contribution in [0.2, 0.25) is 0 Å². The molecule has 206 valence electrons. The van der Waals surface area contributed by atoms with Gasteiger partial charge in [0.1, 0.15) is 12.4 Å². The maximum atomic E-state index is 13.3. The van der Waals surface area contributed by atoms with Crippen molar-refractivity contribution in [3.05, 3.63) is 66.4 Å². The molecule has 9 heteroatoms. The molecule has 8 nitrogen and oxygen atoms in total. The maximum Gasteiger partial charge on any atom is 0.245 e. The molecular formula is C29H40N4O4S. The van der Waals surface area contributed by atoms with Crippen LogP contribution in [-0.2, 0) is 14.6 Å². The molecule has 1 saturated heterocycles. The van der Waals surface area contributed by atoms with Gasteiger partial charge in [0.2, 0.25) is 15.7 Å². The molecule has 0 radical (unpaired) electrons. The van der Waals surface area contributed by atoms with E-state index in [9.17, 15) is 13.2 Å². The second-order valence-corrected chi connectivity index (χ2v) is 12.0. The minimum absolute atomic E-state index is 0.171. The van der Waals surface area contributed by atoms with Crippen molar-refractivity contribution in [2.75, 3.05) is 39.3 Å². The van der Waals surface area contributed by atoms with Crippen LogP contribution in [0.15, 0.2) is 70.6 Å². The van der Waals surface area contributed by atoms with E-state index in [1.54, 1.807) is 30.3 Å². The lowest BCUT2D eigenvalue weighted by Crippen LogP contribution is -2.51. The summed E-state index contributed by atoms with van der Waals surface area (Å²) >= 11 is 0. The van der Waals surface area contributed by atoms with E-state index in [0.29, 0.717) is 5.75 Å². The maximum absolute atomic E-state index is 13.3. The van der Waals surface area contributed by atoms with Crippen molar-refractivity contribution >= 4 is 15.7 Å². The van der Waals surface area contributed by atoms with Crippen molar-refractivity contribution in [2.24, 2.45) is 5.73 Å². The smallest absolute Gasteiger partial charge is 0.245 e. The summed E-state index contributed by atoms with van der Waals surface area (Å²) in [6.07, 6.45) is 9.17. The van der Waals surface area contributed by atoms with E-state index in [0.717, 1.165) is 44.0 Å². The number of nitrogens with two attached hydrogens (primary N) is 1. The Kier molecular flexibility index (Phi) is 9.82. The van der Waals surface area contributed by atoms with E-state index in [2.05, 4.69) is 22.0 Å². The number of nitrogens with one attached hydrogen (secondary N) is 1. The van der Waals surface area contributed by atoms with Crippen molar-refractivity contribution in [3.8, 4) is 5.75 Å². The van der Waals surface area contributed by atoms with Crippen LogP contribution >= 0.6 is 0 Å². The summed E-state index contributed by atoms with van der Waals surface area (Å²) in [6.45, 7) is 6.98. The van der Waals surface area contributed by atoms with Crippen LogP contribution in [0.5, 0.6) is 5.75 Å². The van der Waals surface area contributed by atoms with Crippen LogP contribution in [0, 0.1) is 0 Å². The molecule has 0 spiro atoms. The number of carbonyl (C=O) groups is 1. The van der Waals surface area contributed by atoms with Crippen molar-refractivity contribution in [1.29, 1.82) is 0 Å². The number of hydrogen-bond acceptors (Lipinski definition) is 7. The second-order valence-electron chi connectivity index (χ2n) is 10.1. The Morgan fingerprint density at radius 1 is 1.05 bits per heavy atom. The van der Waals surface area contributed by atoms with Gasteiger partial charge >= 0.3 is 0 Å². The number of nitrogens with zero attached hydrogens (tertiary/aromatic N) is 2. The Morgan fingerprint density at radius 3 is 2.45 bits per heavy atom. The number of benzene rings is 2. The monoisotopic (exact) mass is 540 g/mol. The lowest BCUT2D eigenvalue weighted by Gasteiger charge is -2.42. The second kappa shape index (κ2) is 13.3. The average Bonchev–Trinajstić information content (AvgIpc) is 2.96. The number of amides is 1. The molecular weight excluding hydrogens is 500 g/mol. The zero-order valence-corrected chi connectivity index (χ0v) is 23.0. The van der Waals surface area contributed by atoms with Crippen LogP contribution in [0.1, 0.15) is 50.6 Å². The number of sulfone groups is 1. The van der Waals surface area contributed by atoms with E-state index in [-0.39, 0.29) is 34.9 Å². The Balaban J connectivity index is 1.33. The molecule has 3 N–H and O–H groups in total. The Bertz CT molecular complexity index is 1190. The summed E-state index contributed by atoms with van der Waals surface area (Å²) in [5, 5.41) is 2.62. The first kappa shape index (κ1) is 28.1. The Labute approximate surface area is 226 Å². The molecule has 2 aromatic carbocycles. The fraction of sp³-hybridized carbons (Fsp3) is 0.483. The largest absolute Gasteiger partial charge is 0.492 e. The highest BCUT2D eigenvalue weighted by molar-refractivity contribution is 7.91. The summed E-state index contributed by atoms with van der Waals surface area (Å²) in [7, 11) is -3.69. The summed E-state index contributed by atoms with van der Waals surface area (Å²) in [5.41, 5.74) is 6.31. The fourth-order valence-electron chi connectivity index (χ4n) is 5.43. The van der Waals surface area contributed by atoms with Gasteiger partial charge in [-0.2, -0.15) is 0 Å². The fourth-order valence-corrected chi connectivity index (χ4v) is 6.72. The first-order valence-electron chi connectivity index (χ1n) is 13.6. The molecule has 0 unspecified atom stereocenters. The summed E-state index contributed by atoms with van der Waals surface area (Å²) < 4.78 is 32.2. The van der Waals surface area contributed by atoms with E-state index in [1.807, 2.05) is 12.1 Å². The van der Waals surface area contributed by atoms with Crippen LogP contribution < -0.4 is 15.8 Å². The first-order valence-corrected chi connectivity index (χ1v) is 15.1. The van der Waals surface area contributed by atoms with Crippen LogP contribution in [-0.4, -0.2) is 69.5 Å². The normalized spacial score (nSPS) is 18.9. The number of piperazine rings is 1. The van der Waals surface area contributed by atoms with Gasteiger partial charge in [0, 0.05) is 44.3 Å². The molecule has 1 aliphatic heterocycles. The van der Waals surface area contributed by atoms with Crippen molar-refractivity contribution < 1.29 is 17.9 Å². The lowest BCUT2D eigenvalue weighted by atomic mass is 9.93. The minimum Gasteiger partial charge on any atom is -0.492 e. The third kappa shape index (κ3) is 7.15. The quantitative estimate of drug-likeness (QED) is 0.351. The summed E-state index contributed by atoms with van der Waals surface area (Å²) in [6, 6.07) is 14.7. The van der Waals surface area contributed by atoms with Gasteiger partial charge in [0.05, 0.1) is 16.3 Å². The summed E-state index contributed by atoms with van der Waals surface area (Å²) in [5.74, 6) is 0.110. The van der Waals surface area contributed by atoms with Gasteiger partial charge in [-0.15, -0.1) is 0 Å². The standard InChI is InChI=1S/C29H40N4O4S/c1-23(32-17-19-33(20-18-32)25-6-3-2-4-7-25)24-10-12-27(13-11-24)38(35,36)28-9-5-8-26(22-28)37-21-16-31-29(34)14-15-30/h5,8-15,22-23,25H,2-4,6-7,16-21,30H2,1H3,(H,31,34)/t23-/m0/s1. The van der Waals surface area contributed by atoms with Gasteiger partial charge in [-0.3, -0.25) is 14.6 Å². The zero-order chi connectivity index (χ0) is 27.0. The molecule has 2 aliphatic rings. The van der Waals surface area contributed by atoms with Gasteiger partial charge in [-0.25, -0.2) is 8.42 Å². The molecule has 1 aliphatic carbocycles. The molecule has 0 aromatic heterocycles. The number of carbonyl (C=O) groups excluding carboxylic acids is 1. The van der Waals surface area contributed by atoms with Crippen LogP contribution in [0.3, 0.4) is 0 Å². The zero-order valence-electron chi connectivity index (χ0n) is 22.2. The highest BCUT2D eigenvalue weighted by Gasteiger charge is 2.27. The molecule has 1 saturated carbocycles. The van der Waals surface area contributed by atoms with Gasteiger partial charge in [0.15, 0.2) is 0 Å². The molecule has 4 rings (SSSR count). The van der Waals surface area contributed by atoms with E-state index < -0.39 is 9.84 Å². The number of hydrogen-bond donors (Lipinski definition) is 2.